The summed E-state index contributed by atoms with van der Waals surface area (Å²) in [6.07, 6.45) is 1.83. The second kappa shape index (κ2) is 7.00. The molecule has 2 heterocycles. The van der Waals surface area contributed by atoms with Crippen molar-refractivity contribution >= 4 is 21.4 Å². The maximum Gasteiger partial charge on any atom is 0.250 e. The van der Waals surface area contributed by atoms with Crippen molar-refractivity contribution in [2.24, 2.45) is 5.92 Å². The second-order valence-corrected chi connectivity index (χ2v) is 8.22. The van der Waals surface area contributed by atoms with Gasteiger partial charge in [0, 0.05) is 30.7 Å². The normalized spacial score (nSPS) is 19.1. The van der Waals surface area contributed by atoms with Crippen molar-refractivity contribution in [1.29, 1.82) is 0 Å². The van der Waals surface area contributed by atoms with Crippen LogP contribution < -0.4 is 10.0 Å². The molecule has 20 heavy (non-hydrogen) atoms. The number of sulfonamides is 1. The van der Waals surface area contributed by atoms with E-state index in [4.69, 9.17) is 4.74 Å². The average molecular weight is 318 g/mol. The lowest BCUT2D eigenvalue weighted by molar-refractivity contribution is 0.0586. The molecule has 1 aliphatic heterocycles. The molecule has 0 amide bonds. The lowest BCUT2D eigenvalue weighted by Gasteiger charge is -2.27. The highest BCUT2D eigenvalue weighted by atomic mass is 32.2. The molecule has 1 aromatic rings. The molecular formula is C13H22N2O3S2. The van der Waals surface area contributed by atoms with Crippen molar-refractivity contribution in [1.82, 2.24) is 10.0 Å². The maximum atomic E-state index is 12.4. The van der Waals surface area contributed by atoms with Crippen molar-refractivity contribution in [2.45, 2.75) is 36.6 Å². The molecule has 0 spiro atoms. The van der Waals surface area contributed by atoms with E-state index in [0.29, 0.717) is 16.7 Å². The summed E-state index contributed by atoms with van der Waals surface area (Å²) in [7, 11) is -1.56. The van der Waals surface area contributed by atoms with Gasteiger partial charge in [-0.25, -0.2) is 13.1 Å². The van der Waals surface area contributed by atoms with Gasteiger partial charge in [0.25, 0.3) is 0 Å². The molecule has 1 aliphatic rings. The summed E-state index contributed by atoms with van der Waals surface area (Å²) in [5.41, 5.74) is 0. The van der Waals surface area contributed by atoms with Gasteiger partial charge in [0.15, 0.2) is 0 Å². The van der Waals surface area contributed by atoms with Crippen molar-refractivity contribution < 1.29 is 13.2 Å². The van der Waals surface area contributed by atoms with Gasteiger partial charge in [-0.3, -0.25) is 0 Å². The molecule has 0 aromatic carbocycles. The van der Waals surface area contributed by atoms with Crippen molar-refractivity contribution in [2.75, 3.05) is 20.3 Å². The highest BCUT2D eigenvalue weighted by Crippen LogP contribution is 2.24. The Bertz CT molecular complexity index is 521. The van der Waals surface area contributed by atoms with Crippen molar-refractivity contribution in [3.8, 4) is 0 Å². The van der Waals surface area contributed by atoms with E-state index in [0.717, 1.165) is 30.9 Å². The molecule has 0 bridgehead atoms. The van der Waals surface area contributed by atoms with Crippen LogP contribution in [0.25, 0.3) is 0 Å². The van der Waals surface area contributed by atoms with Crippen LogP contribution in [-0.2, 0) is 21.3 Å². The quantitative estimate of drug-likeness (QED) is 0.835. The predicted octanol–water partition coefficient (Wildman–Crippen LogP) is 1.56. The summed E-state index contributed by atoms with van der Waals surface area (Å²) in [4.78, 5) is 1.02. The maximum absolute atomic E-state index is 12.4. The Balaban J connectivity index is 2.01. The number of ether oxygens (including phenoxy) is 1. The minimum absolute atomic E-state index is 0.0567. The van der Waals surface area contributed by atoms with Gasteiger partial charge in [-0.05, 0) is 44.9 Å². The van der Waals surface area contributed by atoms with Crippen LogP contribution in [0.3, 0.4) is 0 Å². The first-order valence-corrected chi connectivity index (χ1v) is 9.16. The van der Waals surface area contributed by atoms with Gasteiger partial charge in [0.2, 0.25) is 10.0 Å². The zero-order valence-corrected chi connectivity index (χ0v) is 13.5. The number of rotatable bonds is 6. The molecule has 0 saturated carbocycles. The number of thiophene rings is 1. The summed E-state index contributed by atoms with van der Waals surface area (Å²) in [6, 6.07) is 3.48. The van der Waals surface area contributed by atoms with Crippen molar-refractivity contribution in [3.05, 3.63) is 17.0 Å². The summed E-state index contributed by atoms with van der Waals surface area (Å²) in [6.45, 7) is 4.08. The third kappa shape index (κ3) is 4.02. The van der Waals surface area contributed by atoms with Gasteiger partial charge >= 0.3 is 0 Å². The molecule has 7 heteroatoms. The minimum atomic E-state index is -3.41. The van der Waals surface area contributed by atoms with Gasteiger partial charge in [-0.1, -0.05) is 0 Å². The molecule has 5 nitrogen and oxygen atoms in total. The molecule has 2 rings (SSSR count). The first-order chi connectivity index (χ1) is 9.53. The smallest absolute Gasteiger partial charge is 0.250 e. The summed E-state index contributed by atoms with van der Waals surface area (Å²) in [5, 5.41) is 3.02. The van der Waals surface area contributed by atoms with Crippen LogP contribution >= 0.6 is 11.3 Å². The molecule has 114 valence electrons. The molecule has 1 saturated heterocycles. The molecule has 1 atom stereocenters. The Morgan fingerprint density at radius 2 is 2.10 bits per heavy atom. The highest BCUT2D eigenvalue weighted by Gasteiger charge is 2.26. The third-order valence-electron chi connectivity index (χ3n) is 3.57. The predicted molar refractivity (Wildman–Crippen MR) is 80.4 cm³/mol. The number of hydrogen-bond donors (Lipinski definition) is 2. The van der Waals surface area contributed by atoms with E-state index in [1.54, 1.807) is 6.07 Å². The Hall–Kier alpha value is -0.470. The fourth-order valence-corrected chi connectivity index (χ4v) is 5.08. The zero-order valence-electron chi connectivity index (χ0n) is 11.9. The average Bonchev–Trinajstić information content (AvgIpc) is 2.89. The Labute approximate surface area is 124 Å². The Morgan fingerprint density at radius 1 is 1.40 bits per heavy atom. The van der Waals surface area contributed by atoms with E-state index in [-0.39, 0.29) is 6.04 Å². The monoisotopic (exact) mass is 318 g/mol. The Kier molecular flexibility index (Phi) is 5.57. The summed E-state index contributed by atoms with van der Waals surface area (Å²) in [5.74, 6) is 0.357. The molecule has 1 aromatic heterocycles. The number of hydrogen-bond acceptors (Lipinski definition) is 5. The highest BCUT2D eigenvalue weighted by molar-refractivity contribution is 7.91. The summed E-state index contributed by atoms with van der Waals surface area (Å²) < 4.78 is 33.2. The minimum Gasteiger partial charge on any atom is -0.381 e. The zero-order chi connectivity index (χ0) is 14.6. The molecule has 1 unspecified atom stereocenters. The van der Waals surface area contributed by atoms with Crippen LogP contribution in [0.15, 0.2) is 16.3 Å². The van der Waals surface area contributed by atoms with E-state index in [1.807, 2.05) is 20.0 Å². The molecule has 0 radical (unpaired) electrons. The van der Waals surface area contributed by atoms with E-state index < -0.39 is 10.0 Å². The van der Waals surface area contributed by atoms with Crippen molar-refractivity contribution in [3.63, 3.8) is 0 Å². The van der Waals surface area contributed by atoms with Crippen LogP contribution in [0.4, 0.5) is 0 Å². The number of nitrogens with one attached hydrogen (secondary N) is 2. The first-order valence-electron chi connectivity index (χ1n) is 6.86. The van der Waals surface area contributed by atoms with E-state index in [1.165, 1.54) is 11.3 Å². The fourth-order valence-electron chi connectivity index (χ4n) is 2.39. The van der Waals surface area contributed by atoms with Gasteiger partial charge in [-0.15, -0.1) is 11.3 Å². The fraction of sp³-hybridized carbons (Fsp3) is 0.692. The largest absolute Gasteiger partial charge is 0.381 e. The Morgan fingerprint density at radius 3 is 2.75 bits per heavy atom. The topological polar surface area (TPSA) is 67.4 Å². The van der Waals surface area contributed by atoms with Gasteiger partial charge in [-0.2, -0.15) is 0 Å². The van der Waals surface area contributed by atoms with Crippen LogP contribution in [0.2, 0.25) is 0 Å². The first kappa shape index (κ1) is 15.9. The van der Waals surface area contributed by atoms with Crippen LogP contribution in [0, 0.1) is 5.92 Å². The lowest BCUT2D eigenvalue weighted by Crippen LogP contribution is -2.39. The standard InChI is InChI=1S/C13H22N2O3S2/c1-10(11-5-7-18-8-6-11)15-20(16,17)13-4-3-12(19-13)9-14-2/h3-4,10-11,14-15H,5-9H2,1-2H3. The van der Waals surface area contributed by atoms with Gasteiger partial charge < -0.3 is 10.1 Å². The van der Waals surface area contributed by atoms with Crippen LogP contribution in [0.5, 0.6) is 0 Å². The lowest BCUT2D eigenvalue weighted by atomic mass is 9.94. The summed E-state index contributed by atoms with van der Waals surface area (Å²) >= 11 is 1.32. The van der Waals surface area contributed by atoms with Gasteiger partial charge in [0.1, 0.15) is 4.21 Å². The van der Waals surface area contributed by atoms with Gasteiger partial charge in [0.05, 0.1) is 0 Å². The molecule has 0 aliphatic carbocycles. The SMILES string of the molecule is CNCc1ccc(S(=O)(=O)NC(C)C2CCOCC2)s1. The van der Waals surface area contributed by atoms with Crippen LogP contribution in [-0.4, -0.2) is 34.7 Å². The third-order valence-corrected chi connectivity index (χ3v) is 6.70. The second-order valence-electron chi connectivity index (χ2n) is 5.11. The van der Waals surface area contributed by atoms with Crippen LogP contribution in [0.1, 0.15) is 24.6 Å². The van der Waals surface area contributed by atoms with E-state index in [2.05, 4.69) is 10.0 Å². The molecular weight excluding hydrogens is 296 g/mol. The van der Waals surface area contributed by atoms with E-state index in [9.17, 15) is 8.42 Å². The molecule has 2 N–H and O–H groups in total. The van der Waals surface area contributed by atoms with E-state index >= 15 is 0 Å². The molecule has 1 fully saturated rings.